The van der Waals surface area contributed by atoms with Crippen molar-refractivity contribution in [2.75, 3.05) is 0 Å². The number of alkyl halides is 2. The van der Waals surface area contributed by atoms with Gasteiger partial charge in [0.1, 0.15) is 0 Å². The van der Waals surface area contributed by atoms with E-state index in [1.54, 1.807) is 4.68 Å². The van der Waals surface area contributed by atoms with E-state index in [-0.39, 0.29) is 5.56 Å². The Morgan fingerprint density at radius 1 is 1.29 bits per heavy atom. The summed E-state index contributed by atoms with van der Waals surface area (Å²) in [7, 11) is 0. The van der Waals surface area contributed by atoms with Crippen LogP contribution in [-0.4, -0.2) is 9.78 Å². The van der Waals surface area contributed by atoms with Gasteiger partial charge < -0.3 is 0 Å². The molecule has 2 aromatic rings. The fourth-order valence-corrected chi connectivity index (χ4v) is 1.99. The lowest BCUT2D eigenvalue weighted by molar-refractivity contribution is 0.150. The molecule has 0 saturated carbocycles. The van der Waals surface area contributed by atoms with Gasteiger partial charge in [-0.15, -0.1) is 0 Å². The number of aromatic nitrogens is 2. The Bertz CT molecular complexity index is 506. The van der Waals surface area contributed by atoms with Gasteiger partial charge in [0.15, 0.2) is 0 Å². The molecule has 0 saturated heterocycles. The Morgan fingerprint density at radius 3 is 2.47 bits per heavy atom. The van der Waals surface area contributed by atoms with E-state index < -0.39 is 6.43 Å². The summed E-state index contributed by atoms with van der Waals surface area (Å²) in [4.78, 5) is 0. The molecule has 0 aliphatic heterocycles. The van der Waals surface area contributed by atoms with E-state index in [1.165, 1.54) is 6.20 Å². The van der Waals surface area contributed by atoms with Crippen LogP contribution in [0.15, 0.2) is 34.9 Å². The Balaban J connectivity index is 2.48. The van der Waals surface area contributed by atoms with E-state index in [2.05, 4.69) is 21.0 Å². The zero-order chi connectivity index (χ0) is 12.4. The minimum absolute atomic E-state index is 0.00965. The molecule has 0 aliphatic carbocycles. The first kappa shape index (κ1) is 12.2. The highest BCUT2D eigenvalue weighted by molar-refractivity contribution is 9.10. The first-order valence-corrected chi connectivity index (χ1v) is 6.03. The summed E-state index contributed by atoms with van der Waals surface area (Å²) >= 11 is 3.33. The Labute approximate surface area is 106 Å². The van der Waals surface area contributed by atoms with E-state index in [9.17, 15) is 8.78 Å². The molecule has 1 aromatic carbocycles. The van der Waals surface area contributed by atoms with Gasteiger partial charge in [0.05, 0.1) is 23.1 Å². The van der Waals surface area contributed by atoms with Crippen molar-refractivity contribution in [2.24, 2.45) is 0 Å². The molecule has 0 N–H and O–H groups in total. The van der Waals surface area contributed by atoms with E-state index in [4.69, 9.17) is 0 Å². The third kappa shape index (κ3) is 2.39. The van der Waals surface area contributed by atoms with Crippen LogP contribution < -0.4 is 0 Å². The molecule has 0 bridgehead atoms. The van der Waals surface area contributed by atoms with Crippen molar-refractivity contribution in [2.45, 2.75) is 19.8 Å². The lowest BCUT2D eigenvalue weighted by Gasteiger charge is -2.07. The molecule has 1 heterocycles. The van der Waals surface area contributed by atoms with Crippen LogP contribution in [0.1, 0.15) is 24.6 Å². The normalized spacial score (nSPS) is 11.1. The van der Waals surface area contributed by atoms with Gasteiger partial charge in [-0.2, -0.15) is 5.10 Å². The lowest BCUT2D eigenvalue weighted by Crippen LogP contribution is -2.02. The summed E-state index contributed by atoms with van der Waals surface area (Å²) in [5, 5.41) is 4.03. The smallest absolute Gasteiger partial charge is 0.237 e. The van der Waals surface area contributed by atoms with Crippen LogP contribution in [0, 0.1) is 0 Å². The molecule has 0 unspecified atom stereocenters. The van der Waals surface area contributed by atoms with E-state index >= 15 is 0 Å². The fourth-order valence-electron chi connectivity index (χ4n) is 1.73. The van der Waals surface area contributed by atoms with Crippen LogP contribution >= 0.6 is 15.9 Å². The molecule has 0 radical (unpaired) electrons. The molecule has 5 heteroatoms. The molecule has 2 rings (SSSR count). The van der Waals surface area contributed by atoms with Crippen LogP contribution in [0.3, 0.4) is 0 Å². The summed E-state index contributed by atoms with van der Waals surface area (Å²) in [5.41, 5.74) is 1.36. The van der Waals surface area contributed by atoms with Crippen LogP contribution in [-0.2, 0) is 6.42 Å². The number of benzene rings is 1. The van der Waals surface area contributed by atoms with Crippen LogP contribution in [0.5, 0.6) is 0 Å². The second kappa shape index (κ2) is 4.96. The summed E-state index contributed by atoms with van der Waals surface area (Å²) in [6.45, 7) is 1.85. The van der Waals surface area contributed by atoms with Crippen LogP contribution in [0.25, 0.3) is 5.69 Å². The molecule has 0 aliphatic rings. The zero-order valence-electron chi connectivity index (χ0n) is 9.20. The highest BCUT2D eigenvalue weighted by Crippen LogP contribution is 2.25. The third-order valence-electron chi connectivity index (χ3n) is 2.54. The second-order valence-electron chi connectivity index (χ2n) is 3.59. The Kier molecular flexibility index (Phi) is 3.57. The van der Waals surface area contributed by atoms with Gasteiger partial charge in [-0.25, -0.2) is 13.5 Å². The van der Waals surface area contributed by atoms with E-state index in [1.807, 2.05) is 31.2 Å². The van der Waals surface area contributed by atoms with Gasteiger partial charge in [0.25, 0.3) is 6.43 Å². The average Bonchev–Trinajstić information content (AvgIpc) is 2.73. The molecule has 0 spiro atoms. The summed E-state index contributed by atoms with van der Waals surface area (Å²) in [6, 6.07) is 7.40. The van der Waals surface area contributed by atoms with Gasteiger partial charge in [0.2, 0.25) is 0 Å². The van der Waals surface area contributed by atoms with Crippen LogP contribution in [0.2, 0.25) is 0 Å². The first-order valence-electron chi connectivity index (χ1n) is 5.24. The molecule has 2 nitrogen and oxygen atoms in total. The molecule has 0 atom stereocenters. The predicted octanol–water partition coefficient (Wildman–Crippen LogP) is 4.13. The summed E-state index contributed by atoms with van der Waals surface area (Å²) in [5.74, 6) is 0. The predicted molar refractivity (Wildman–Crippen MR) is 65.6 cm³/mol. The minimum Gasteiger partial charge on any atom is -0.237 e. The van der Waals surface area contributed by atoms with Crippen molar-refractivity contribution in [3.05, 3.63) is 46.2 Å². The van der Waals surface area contributed by atoms with Gasteiger partial charge >= 0.3 is 0 Å². The molecular weight excluding hydrogens is 290 g/mol. The molecule has 0 amide bonds. The van der Waals surface area contributed by atoms with E-state index in [0.717, 1.165) is 10.2 Å². The van der Waals surface area contributed by atoms with E-state index in [0.29, 0.717) is 12.1 Å². The second-order valence-corrected chi connectivity index (χ2v) is 4.50. The topological polar surface area (TPSA) is 17.8 Å². The average molecular weight is 301 g/mol. The lowest BCUT2D eigenvalue weighted by atomic mass is 10.2. The maximum atomic E-state index is 12.7. The quantitative estimate of drug-likeness (QED) is 0.833. The van der Waals surface area contributed by atoms with Crippen LogP contribution in [0.4, 0.5) is 8.78 Å². The standard InChI is InChI=1S/C12H11BrF2N2/c1-2-11-10(12(14)15)7-16-17(11)9-5-3-8(13)4-6-9/h3-7,12H,2H2,1H3. The van der Waals surface area contributed by atoms with Gasteiger partial charge in [-0.3, -0.25) is 0 Å². The van der Waals surface area contributed by atoms with Gasteiger partial charge in [-0.1, -0.05) is 22.9 Å². The molecular formula is C12H11BrF2N2. The first-order chi connectivity index (χ1) is 8.13. The monoisotopic (exact) mass is 300 g/mol. The van der Waals surface area contributed by atoms with Crippen molar-refractivity contribution < 1.29 is 8.78 Å². The molecule has 90 valence electrons. The molecule has 1 aromatic heterocycles. The Hall–Kier alpha value is -1.23. The maximum absolute atomic E-state index is 12.7. The van der Waals surface area contributed by atoms with Crippen molar-refractivity contribution in [1.82, 2.24) is 9.78 Å². The number of halogens is 3. The number of nitrogens with zero attached hydrogens (tertiary/aromatic N) is 2. The third-order valence-corrected chi connectivity index (χ3v) is 3.07. The summed E-state index contributed by atoms with van der Waals surface area (Å²) in [6.07, 6.45) is -0.712. The van der Waals surface area contributed by atoms with Crippen molar-refractivity contribution >= 4 is 15.9 Å². The van der Waals surface area contributed by atoms with Crippen molar-refractivity contribution in [3.8, 4) is 5.69 Å². The van der Waals surface area contributed by atoms with Gasteiger partial charge in [-0.05, 0) is 30.7 Å². The van der Waals surface area contributed by atoms with Crippen molar-refractivity contribution in [1.29, 1.82) is 0 Å². The fraction of sp³-hybridized carbons (Fsp3) is 0.250. The highest BCUT2D eigenvalue weighted by Gasteiger charge is 2.17. The van der Waals surface area contributed by atoms with Crippen molar-refractivity contribution in [3.63, 3.8) is 0 Å². The minimum atomic E-state index is -2.48. The zero-order valence-corrected chi connectivity index (χ0v) is 10.8. The van der Waals surface area contributed by atoms with Gasteiger partial charge in [0, 0.05) is 4.47 Å². The Morgan fingerprint density at radius 2 is 1.94 bits per heavy atom. The largest absolute Gasteiger partial charge is 0.267 e. The number of hydrogen-bond donors (Lipinski definition) is 0. The number of hydrogen-bond acceptors (Lipinski definition) is 1. The molecule has 0 fully saturated rings. The molecule has 17 heavy (non-hydrogen) atoms. The number of rotatable bonds is 3. The SMILES string of the molecule is CCc1c(C(F)F)cnn1-c1ccc(Br)cc1. The summed E-state index contributed by atoms with van der Waals surface area (Å²) < 4.78 is 28.0. The maximum Gasteiger partial charge on any atom is 0.267 e. The highest BCUT2D eigenvalue weighted by atomic mass is 79.9.